The molecule has 2 aliphatic rings. The molecule has 0 radical (unpaired) electrons. The predicted octanol–water partition coefficient (Wildman–Crippen LogP) is 1.95. The fraction of sp³-hybridized carbons (Fsp3) is 0.923. The van der Waals surface area contributed by atoms with Gasteiger partial charge in [0.15, 0.2) is 0 Å². The minimum Gasteiger partial charge on any atom is -0.351 e. The highest BCUT2D eigenvalue weighted by Crippen LogP contribution is 2.34. The topological polar surface area (TPSA) is 55.1 Å². The Balaban J connectivity index is 1.64. The quantitative estimate of drug-likeness (QED) is 0.767. The van der Waals surface area contributed by atoms with Crippen molar-refractivity contribution < 1.29 is 4.79 Å². The van der Waals surface area contributed by atoms with Crippen LogP contribution >= 0.6 is 0 Å². The Kier molecular flexibility index (Phi) is 3.53. The van der Waals surface area contributed by atoms with E-state index >= 15 is 0 Å². The van der Waals surface area contributed by atoms with Gasteiger partial charge in [0.2, 0.25) is 5.91 Å². The zero-order valence-electron chi connectivity index (χ0n) is 10.3. The minimum atomic E-state index is 0.139. The van der Waals surface area contributed by atoms with Crippen LogP contribution in [-0.4, -0.2) is 17.5 Å². The SMILES string of the molecule is CC1(NC(=O)CCC2CCCC(N)C2)CC1. The summed E-state index contributed by atoms with van der Waals surface area (Å²) in [7, 11) is 0. The molecule has 0 spiro atoms. The van der Waals surface area contributed by atoms with Gasteiger partial charge in [0, 0.05) is 18.0 Å². The van der Waals surface area contributed by atoms with Crippen LogP contribution in [0.25, 0.3) is 0 Å². The van der Waals surface area contributed by atoms with E-state index in [0.29, 0.717) is 18.4 Å². The van der Waals surface area contributed by atoms with Crippen LogP contribution in [0.3, 0.4) is 0 Å². The second-order valence-corrected chi connectivity index (χ2v) is 5.94. The number of hydrogen-bond donors (Lipinski definition) is 2. The van der Waals surface area contributed by atoms with E-state index in [0.717, 1.165) is 25.7 Å². The second-order valence-electron chi connectivity index (χ2n) is 5.94. The molecule has 2 rings (SSSR count). The lowest BCUT2D eigenvalue weighted by Crippen LogP contribution is -2.35. The molecule has 2 unspecified atom stereocenters. The van der Waals surface area contributed by atoms with Crippen LogP contribution in [-0.2, 0) is 4.79 Å². The molecule has 0 aromatic carbocycles. The molecule has 3 nitrogen and oxygen atoms in total. The van der Waals surface area contributed by atoms with Crippen molar-refractivity contribution >= 4 is 5.91 Å². The van der Waals surface area contributed by atoms with Gasteiger partial charge in [-0.15, -0.1) is 0 Å². The first-order valence-electron chi connectivity index (χ1n) is 6.64. The fourth-order valence-corrected chi connectivity index (χ4v) is 2.64. The maximum atomic E-state index is 11.7. The van der Waals surface area contributed by atoms with E-state index in [4.69, 9.17) is 5.73 Å². The average Bonchev–Trinajstić information content (AvgIpc) is 2.93. The highest BCUT2D eigenvalue weighted by Gasteiger charge is 2.38. The lowest BCUT2D eigenvalue weighted by molar-refractivity contribution is -0.122. The molecule has 92 valence electrons. The summed E-state index contributed by atoms with van der Waals surface area (Å²) in [6.45, 7) is 2.13. The van der Waals surface area contributed by atoms with Crippen molar-refractivity contribution in [3.8, 4) is 0 Å². The third-order valence-electron chi connectivity index (χ3n) is 4.04. The number of carbonyl (C=O) groups is 1. The van der Waals surface area contributed by atoms with Crippen LogP contribution in [0.2, 0.25) is 0 Å². The van der Waals surface area contributed by atoms with Crippen LogP contribution in [0.1, 0.15) is 58.3 Å². The second kappa shape index (κ2) is 4.74. The first-order valence-corrected chi connectivity index (χ1v) is 6.64. The number of rotatable bonds is 4. The smallest absolute Gasteiger partial charge is 0.220 e. The van der Waals surface area contributed by atoms with E-state index in [1.165, 1.54) is 19.3 Å². The molecule has 3 heteroatoms. The highest BCUT2D eigenvalue weighted by atomic mass is 16.1. The Labute approximate surface area is 98.2 Å². The zero-order chi connectivity index (χ0) is 11.6. The van der Waals surface area contributed by atoms with Gasteiger partial charge < -0.3 is 11.1 Å². The van der Waals surface area contributed by atoms with Gasteiger partial charge in [0.25, 0.3) is 0 Å². The Hall–Kier alpha value is -0.570. The Bertz CT molecular complexity index is 261. The van der Waals surface area contributed by atoms with E-state index < -0.39 is 0 Å². The molecular formula is C13H24N2O. The Morgan fingerprint density at radius 1 is 1.44 bits per heavy atom. The number of hydrogen-bond acceptors (Lipinski definition) is 2. The van der Waals surface area contributed by atoms with Crippen molar-refractivity contribution in [2.75, 3.05) is 0 Å². The molecule has 2 fully saturated rings. The molecule has 0 saturated heterocycles. The normalized spacial score (nSPS) is 32.1. The van der Waals surface area contributed by atoms with E-state index in [1.807, 2.05) is 0 Å². The van der Waals surface area contributed by atoms with Crippen molar-refractivity contribution in [3.63, 3.8) is 0 Å². The van der Waals surface area contributed by atoms with Gasteiger partial charge in [0.05, 0.1) is 0 Å². The maximum Gasteiger partial charge on any atom is 0.220 e. The van der Waals surface area contributed by atoms with Gasteiger partial charge in [-0.1, -0.05) is 12.8 Å². The van der Waals surface area contributed by atoms with E-state index in [1.54, 1.807) is 0 Å². The molecule has 1 amide bonds. The summed E-state index contributed by atoms with van der Waals surface area (Å²) in [4.78, 5) is 11.7. The lowest BCUT2D eigenvalue weighted by Gasteiger charge is -2.26. The number of amides is 1. The molecule has 16 heavy (non-hydrogen) atoms. The molecule has 0 aromatic heterocycles. The zero-order valence-corrected chi connectivity index (χ0v) is 10.3. The van der Waals surface area contributed by atoms with Crippen molar-refractivity contribution in [2.24, 2.45) is 11.7 Å². The molecular weight excluding hydrogens is 200 g/mol. The lowest BCUT2D eigenvalue weighted by atomic mass is 9.83. The van der Waals surface area contributed by atoms with Crippen molar-refractivity contribution in [2.45, 2.75) is 69.9 Å². The van der Waals surface area contributed by atoms with E-state index in [9.17, 15) is 4.79 Å². The van der Waals surface area contributed by atoms with E-state index in [2.05, 4.69) is 12.2 Å². The Morgan fingerprint density at radius 3 is 2.81 bits per heavy atom. The molecule has 0 aromatic rings. The summed E-state index contributed by atoms with van der Waals surface area (Å²) in [5, 5.41) is 3.11. The summed E-state index contributed by atoms with van der Waals surface area (Å²) in [6.07, 6.45) is 8.79. The summed E-state index contributed by atoms with van der Waals surface area (Å²) < 4.78 is 0. The molecule has 0 heterocycles. The number of carbonyl (C=O) groups excluding carboxylic acids is 1. The highest BCUT2D eigenvalue weighted by molar-refractivity contribution is 5.77. The van der Waals surface area contributed by atoms with Gasteiger partial charge in [-0.05, 0) is 44.9 Å². The molecule has 2 atom stereocenters. The number of nitrogens with one attached hydrogen (secondary N) is 1. The molecule has 0 aliphatic heterocycles. The van der Waals surface area contributed by atoms with Gasteiger partial charge in [-0.25, -0.2) is 0 Å². The third-order valence-corrected chi connectivity index (χ3v) is 4.04. The minimum absolute atomic E-state index is 0.139. The van der Waals surface area contributed by atoms with Gasteiger partial charge >= 0.3 is 0 Å². The van der Waals surface area contributed by atoms with Crippen LogP contribution in [0.5, 0.6) is 0 Å². The van der Waals surface area contributed by atoms with E-state index in [-0.39, 0.29) is 11.4 Å². The van der Waals surface area contributed by atoms with Crippen LogP contribution in [0.4, 0.5) is 0 Å². The molecule has 3 N–H and O–H groups in total. The molecule has 2 saturated carbocycles. The van der Waals surface area contributed by atoms with Crippen LogP contribution in [0.15, 0.2) is 0 Å². The van der Waals surface area contributed by atoms with Gasteiger partial charge in [0.1, 0.15) is 0 Å². The summed E-state index contributed by atoms with van der Waals surface area (Å²) in [6, 6.07) is 0.378. The van der Waals surface area contributed by atoms with Crippen molar-refractivity contribution in [3.05, 3.63) is 0 Å². The summed E-state index contributed by atoms with van der Waals surface area (Å²) in [5.74, 6) is 0.917. The maximum absolute atomic E-state index is 11.7. The monoisotopic (exact) mass is 224 g/mol. The van der Waals surface area contributed by atoms with Crippen molar-refractivity contribution in [1.82, 2.24) is 5.32 Å². The first kappa shape index (κ1) is 11.9. The number of nitrogens with two attached hydrogens (primary N) is 1. The van der Waals surface area contributed by atoms with Crippen LogP contribution in [0, 0.1) is 5.92 Å². The van der Waals surface area contributed by atoms with Gasteiger partial charge in [-0.2, -0.15) is 0 Å². The summed E-state index contributed by atoms with van der Waals surface area (Å²) >= 11 is 0. The Morgan fingerprint density at radius 2 is 2.19 bits per heavy atom. The molecule has 2 aliphatic carbocycles. The standard InChI is InChI=1S/C13H24N2O/c1-13(7-8-13)15-12(16)6-5-10-3-2-4-11(14)9-10/h10-11H,2-9,14H2,1H3,(H,15,16). The largest absolute Gasteiger partial charge is 0.351 e. The average molecular weight is 224 g/mol. The fourth-order valence-electron chi connectivity index (χ4n) is 2.64. The summed E-state index contributed by atoms with van der Waals surface area (Å²) in [5.41, 5.74) is 6.08. The first-order chi connectivity index (χ1) is 7.57. The van der Waals surface area contributed by atoms with Gasteiger partial charge in [-0.3, -0.25) is 4.79 Å². The predicted molar refractivity (Wildman–Crippen MR) is 64.9 cm³/mol. The van der Waals surface area contributed by atoms with Crippen molar-refractivity contribution in [1.29, 1.82) is 0 Å². The molecule has 0 bridgehead atoms. The van der Waals surface area contributed by atoms with Crippen LogP contribution < -0.4 is 11.1 Å². The third kappa shape index (κ3) is 3.48.